The summed E-state index contributed by atoms with van der Waals surface area (Å²) in [7, 11) is 1.76. The van der Waals surface area contributed by atoms with E-state index in [4.69, 9.17) is 4.74 Å². The molecule has 1 N–H and O–H groups in total. The summed E-state index contributed by atoms with van der Waals surface area (Å²) in [5, 5.41) is 4.90. The molecule has 1 aromatic carbocycles. The van der Waals surface area contributed by atoms with Crippen molar-refractivity contribution in [2.75, 3.05) is 19.4 Å². The number of hydrogen-bond acceptors (Lipinski definition) is 6. The van der Waals surface area contributed by atoms with Crippen LogP contribution in [-0.4, -0.2) is 40.9 Å². The molecule has 0 fully saturated rings. The van der Waals surface area contributed by atoms with Crippen LogP contribution in [0, 0.1) is 0 Å². The summed E-state index contributed by atoms with van der Waals surface area (Å²) in [5.74, 6) is 0.280. The summed E-state index contributed by atoms with van der Waals surface area (Å²) in [4.78, 5) is 20.6. The lowest BCUT2D eigenvalue weighted by molar-refractivity contribution is -0.149. The minimum Gasteiger partial charge on any atom is -0.465 e. The first-order valence-corrected chi connectivity index (χ1v) is 7.78. The van der Waals surface area contributed by atoms with Crippen LogP contribution in [0.25, 0.3) is 10.9 Å². The van der Waals surface area contributed by atoms with Crippen LogP contribution in [0.5, 0.6) is 0 Å². The van der Waals surface area contributed by atoms with Crippen molar-refractivity contribution in [1.29, 1.82) is 0 Å². The van der Waals surface area contributed by atoms with E-state index in [9.17, 15) is 4.79 Å². The van der Waals surface area contributed by atoms with Crippen LogP contribution < -0.4 is 5.32 Å². The lowest BCUT2D eigenvalue weighted by atomic mass is 10.1. The highest BCUT2D eigenvalue weighted by molar-refractivity contribution is 7.99. The van der Waals surface area contributed by atoms with Crippen LogP contribution in [0.1, 0.15) is 13.8 Å². The number of carbonyl (C=O) groups excluding carboxylic acids is 1. The first-order valence-electron chi connectivity index (χ1n) is 6.79. The van der Waals surface area contributed by atoms with Crippen molar-refractivity contribution in [3.63, 3.8) is 0 Å². The van der Waals surface area contributed by atoms with E-state index in [1.165, 1.54) is 11.8 Å². The van der Waals surface area contributed by atoms with E-state index in [2.05, 4.69) is 15.3 Å². The molecule has 0 saturated heterocycles. The predicted octanol–water partition coefficient (Wildman–Crippen LogP) is 2.26. The Hall–Kier alpha value is -1.66. The van der Waals surface area contributed by atoms with E-state index in [1.807, 2.05) is 31.2 Å². The van der Waals surface area contributed by atoms with Crippen molar-refractivity contribution in [3.05, 3.63) is 30.6 Å². The van der Waals surface area contributed by atoms with Crippen LogP contribution in [0.4, 0.5) is 0 Å². The van der Waals surface area contributed by atoms with E-state index in [-0.39, 0.29) is 5.97 Å². The number of benzene rings is 1. The molecule has 6 heteroatoms. The molecule has 0 radical (unpaired) electrons. The van der Waals surface area contributed by atoms with Crippen molar-refractivity contribution in [2.24, 2.45) is 0 Å². The Labute approximate surface area is 128 Å². The summed E-state index contributed by atoms with van der Waals surface area (Å²) in [6, 6.07) is 7.83. The zero-order chi connectivity index (χ0) is 15.3. The van der Waals surface area contributed by atoms with Crippen molar-refractivity contribution in [3.8, 4) is 0 Å². The Bertz CT molecular complexity index is 630. The number of ether oxygens (including phenoxy) is 1. The monoisotopic (exact) mass is 305 g/mol. The van der Waals surface area contributed by atoms with Gasteiger partial charge in [0, 0.05) is 11.1 Å². The minimum atomic E-state index is -0.743. The predicted molar refractivity (Wildman–Crippen MR) is 84.4 cm³/mol. The Kier molecular flexibility index (Phi) is 5.14. The number of hydrogen-bond donors (Lipinski definition) is 1. The number of carbonyl (C=O) groups is 1. The van der Waals surface area contributed by atoms with Gasteiger partial charge in [-0.15, -0.1) is 11.8 Å². The molecule has 21 heavy (non-hydrogen) atoms. The number of likely N-dealkylation sites (N-methyl/N-ethyl adjacent to an activating group) is 1. The van der Waals surface area contributed by atoms with E-state index < -0.39 is 5.54 Å². The molecule has 5 nitrogen and oxygen atoms in total. The molecule has 0 amide bonds. The fourth-order valence-corrected chi connectivity index (χ4v) is 2.97. The highest BCUT2D eigenvalue weighted by Gasteiger charge is 2.33. The third kappa shape index (κ3) is 3.51. The summed E-state index contributed by atoms with van der Waals surface area (Å²) in [6.07, 6.45) is 1.55. The van der Waals surface area contributed by atoms with Crippen LogP contribution in [0.15, 0.2) is 35.6 Å². The molecule has 112 valence electrons. The maximum atomic E-state index is 12.1. The maximum Gasteiger partial charge on any atom is 0.326 e. The van der Waals surface area contributed by atoms with Crippen LogP contribution in [0.3, 0.4) is 0 Å². The van der Waals surface area contributed by atoms with Crippen molar-refractivity contribution in [2.45, 2.75) is 24.4 Å². The molecule has 1 aromatic heterocycles. The zero-order valence-electron chi connectivity index (χ0n) is 12.4. The smallest absolute Gasteiger partial charge is 0.326 e. The number of nitrogens with one attached hydrogen (secondary N) is 1. The first kappa shape index (κ1) is 15.7. The largest absolute Gasteiger partial charge is 0.465 e. The highest BCUT2D eigenvalue weighted by Crippen LogP contribution is 2.27. The molecule has 0 aliphatic carbocycles. The second-order valence-corrected chi connectivity index (χ2v) is 5.75. The molecule has 0 saturated carbocycles. The number of esters is 1. The maximum absolute atomic E-state index is 12.1. The number of aromatic nitrogens is 2. The number of nitrogens with zero attached hydrogens (tertiary/aromatic N) is 2. The number of rotatable bonds is 6. The van der Waals surface area contributed by atoms with Gasteiger partial charge in [0.1, 0.15) is 16.9 Å². The molecular formula is C15H19N3O2S. The van der Waals surface area contributed by atoms with Gasteiger partial charge in [-0.2, -0.15) is 0 Å². The fraction of sp³-hybridized carbons (Fsp3) is 0.400. The molecule has 1 heterocycles. The molecule has 1 unspecified atom stereocenters. The van der Waals surface area contributed by atoms with Crippen LogP contribution in [-0.2, 0) is 9.53 Å². The molecular weight excluding hydrogens is 286 g/mol. The number of thioether (sulfide) groups is 1. The van der Waals surface area contributed by atoms with Crippen molar-refractivity contribution >= 4 is 28.6 Å². The van der Waals surface area contributed by atoms with E-state index in [1.54, 1.807) is 20.3 Å². The number of fused-ring (bicyclic) bond motifs is 1. The van der Waals surface area contributed by atoms with Gasteiger partial charge in [0.15, 0.2) is 0 Å². The summed E-state index contributed by atoms with van der Waals surface area (Å²) in [5.41, 5.74) is 0.157. The zero-order valence-corrected chi connectivity index (χ0v) is 13.2. The average Bonchev–Trinajstić information content (AvgIpc) is 2.52. The van der Waals surface area contributed by atoms with Gasteiger partial charge in [-0.25, -0.2) is 9.97 Å². The van der Waals surface area contributed by atoms with Crippen LogP contribution in [0.2, 0.25) is 0 Å². The van der Waals surface area contributed by atoms with Gasteiger partial charge in [-0.05, 0) is 27.0 Å². The van der Waals surface area contributed by atoms with Gasteiger partial charge in [0.2, 0.25) is 0 Å². The molecule has 1 atom stereocenters. The first-order chi connectivity index (χ1) is 10.1. The minimum absolute atomic E-state index is 0.252. The second-order valence-electron chi connectivity index (χ2n) is 4.79. The van der Waals surface area contributed by atoms with Crippen LogP contribution >= 0.6 is 11.8 Å². The van der Waals surface area contributed by atoms with Crippen molar-refractivity contribution in [1.82, 2.24) is 15.3 Å². The summed E-state index contributed by atoms with van der Waals surface area (Å²) < 4.78 is 5.13. The quantitative estimate of drug-likeness (QED) is 0.502. The summed E-state index contributed by atoms with van der Waals surface area (Å²) >= 11 is 1.52. The highest BCUT2D eigenvalue weighted by atomic mass is 32.2. The van der Waals surface area contributed by atoms with Gasteiger partial charge < -0.3 is 10.1 Å². The standard InChI is InChI=1S/C15H19N3O2S/c1-4-20-14(19)15(2,16-3)9-21-13-11-7-5-6-8-12(11)17-10-18-13/h5-8,10,16H,4,9H2,1-3H3. The SMILES string of the molecule is CCOC(=O)C(C)(CSc1ncnc2ccccc12)NC. The lowest BCUT2D eigenvalue weighted by Crippen LogP contribution is -2.50. The van der Waals surface area contributed by atoms with Gasteiger partial charge >= 0.3 is 5.97 Å². The summed E-state index contributed by atoms with van der Waals surface area (Å²) in [6.45, 7) is 4.01. The fourth-order valence-electron chi connectivity index (χ4n) is 1.83. The molecule has 0 aliphatic heterocycles. The third-order valence-electron chi connectivity index (χ3n) is 3.28. The average molecular weight is 305 g/mol. The van der Waals surface area contributed by atoms with E-state index in [0.717, 1.165) is 15.9 Å². The van der Waals surface area contributed by atoms with Gasteiger partial charge in [0.25, 0.3) is 0 Å². The molecule has 0 aliphatic rings. The molecule has 0 spiro atoms. The third-order valence-corrected chi connectivity index (χ3v) is 4.60. The second kappa shape index (κ2) is 6.87. The number of para-hydroxylation sites is 1. The van der Waals surface area contributed by atoms with Gasteiger partial charge in [-0.3, -0.25) is 4.79 Å². The molecule has 2 aromatic rings. The van der Waals surface area contributed by atoms with E-state index >= 15 is 0 Å². The van der Waals surface area contributed by atoms with Crippen molar-refractivity contribution < 1.29 is 9.53 Å². The topological polar surface area (TPSA) is 64.1 Å². The van der Waals surface area contributed by atoms with Gasteiger partial charge in [0.05, 0.1) is 12.1 Å². The van der Waals surface area contributed by atoms with Gasteiger partial charge in [-0.1, -0.05) is 18.2 Å². The normalized spacial score (nSPS) is 13.9. The Morgan fingerprint density at radius 2 is 2.14 bits per heavy atom. The Balaban J connectivity index is 2.19. The molecule has 2 rings (SSSR count). The molecule has 0 bridgehead atoms. The lowest BCUT2D eigenvalue weighted by Gasteiger charge is -2.26. The Morgan fingerprint density at radius 3 is 2.86 bits per heavy atom. The van der Waals surface area contributed by atoms with E-state index in [0.29, 0.717) is 12.4 Å². The Morgan fingerprint density at radius 1 is 1.38 bits per heavy atom.